The molecule has 1 unspecified atom stereocenters. The number of nitrogens with zero attached hydrogens (tertiary/aromatic N) is 1. The Morgan fingerprint density at radius 3 is 2.78 bits per heavy atom. The second-order valence-corrected chi connectivity index (χ2v) is 6.84. The van der Waals surface area contributed by atoms with Crippen LogP contribution in [-0.2, 0) is 10.0 Å². The summed E-state index contributed by atoms with van der Waals surface area (Å²) in [6, 6.07) is 7.14. The first kappa shape index (κ1) is 13.5. The lowest BCUT2D eigenvalue weighted by Gasteiger charge is -2.30. The minimum absolute atomic E-state index is 0.0595. The van der Waals surface area contributed by atoms with Gasteiger partial charge in [0.05, 0.1) is 4.90 Å². The van der Waals surface area contributed by atoms with Gasteiger partial charge in [-0.2, -0.15) is 4.31 Å². The monoisotopic (exact) mass is 268 g/mol. The summed E-state index contributed by atoms with van der Waals surface area (Å²) in [7, 11) is -1.69. The Hall–Kier alpha value is -0.910. The third-order valence-corrected chi connectivity index (χ3v) is 5.36. The number of hydrogen-bond donors (Lipinski definition) is 1. The van der Waals surface area contributed by atoms with E-state index in [1.807, 2.05) is 13.0 Å². The lowest BCUT2D eigenvalue weighted by molar-refractivity contribution is 0.300. The molecule has 1 atom stereocenters. The second kappa shape index (κ2) is 5.38. The summed E-state index contributed by atoms with van der Waals surface area (Å²) in [5.41, 5.74) is 0.964. The Morgan fingerprint density at radius 1 is 1.39 bits per heavy atom. The number of rotatable bonds is 3. The van der Waals surface area contributed by atoms with E-state index in [0.717, 1.165) is 31.5 Å². The van der Waals surface area contributed by atoms with Crippen molar-refractivity contribution in [3.63, 3.8) is 0 Å². The summed E-state index contributed by atoms with van der Waals surface area (Å²) in [4.78, 5) is 0.385. The van der Waals surface area contributed by atoms with Gasteiger partial charge in [0, 0.05) is 19.6 Å². The minimum atomic E-state index is -3.37. The minimum Gasteiger partial charge on any atom is -0.315 e. The van der Waals surface area contributed by atoms with Crippen molar-refractivity contribution >= 4 is 10.0 Å². The number of nitrogens with one attached hydrogen (secondary N) is 1. The third-order valence-electron chi connectivity index (χ3n) is 3.45. The molecule has 100 valence electrons. The number of piperidine rings is 1. The number of hydrogen-bond acceptors (Lipinski definition) is 3. The average Bonchev–Trinajstić information content (AvgIpc) is 2.39. The molecule has 0 aromatic heterocycles. The van der Waals surface area contributed by atoms with Gasteiger partial charge in [0.2, 0.25) is 10.0 Å². The lowest BCUT2D eigenvalue weighted by Crippen LogP contribution is -2.46. The third kappa shape index (κ3) is 2.74. The number of likely N-dealkylation sites (N-methyl/N-ethyl adjacent to an activating group) is 1. The van der Waals surface area contributed by atoms with E-state index in [-0.39, 0.29) is 6.04 Å². The van der Waals surface area contributed by atoms with Gasteiger partial charge in [0.1, 0.15) is 0 Å². The Balaban J connectivity index is 2.24. The molecule has 0 amide bonds. The summed E-state index contributed by atoms with van der Waals surface area (Å²) >= 11 is 0. The van der Waals surface area contributed by atoms with Crippen LogP contribution in [0.3, 0.4) is 0 Å². The van der Waals surface area contributed by atoms with E-state index < -0.39 is 10.0 Å². The van der Waals surface area contributed by atoms with Crippen LogP contribution in [0.4, 0.5) is 0 Å². The van der Waals surface area contributed by atoms with Crippen LogP contribution < -0.4 is 5.32 Å². The predicted octanol–water partition coefficient (Wildman–Crippen LogP) is 1.37. The maximum absolute atomic E-state index is 12.5. The van der Waals surface area contributed by atoms with E-state index in [0.29, 0.717) is 4.90 Å². The van der Waals surface area contributed by atoms with Gasteiger partial charge in [-0.05, 0) is 44.0 Å². The normalized spacial score (nSPS) is 21.2. The number of sulfonamides is 1. The summed E-state index contributed by atoms with van der Waals surface area (Å²) in [6.45, 7) is 3.62. The van der Waals surface area contributed by atoms with Crippen molar-refractivity contribution in [2.75, 3.05) is 20.1 Å². The Kier molecular flexibility index (Phi) is 4.04. The molecule has 1 N–H and O–H groups in total. The molecule has 1 aliphatic heterocycles. The largest absolute Gasteiger partial charge is 0.315 e. The Labute approximate surface area is 109 Å². The topological polar surface area (TPSA) is 49.4 Å². The van der Waals surface area contributed by atoms with Gasteiger partial charge in [-0.3, -0.25) is 0 Å². The van der Waals surface area contributed by atoms with E-state index in [1.165, 1.54) is 4.31 Å². The van der Waals surface area contributed by atoms with E-state index in [1.54, 1.807) is 25.2 Å². The molecule has 1 aromatic carbocycles. The molecule has 1 heterocycles. The summed E-state index contributed by atoms with van der Waals surface area (Å²) in [6.07, 6.45) is 1.95. The standard InChI is InChI=1S/C13H20N2O2S/c1-11-5-3-7-13(9-11)18(16,17)15(2)12-6-4-8-14-10-12/h3,5,7,9,12,14H,4,6,8,10H2,1-2H3. The molecule has 0 spiro atoms. The first-order chi connectivity index (χ1) is 8.51. The highest BCUT2D eigenvalue weighted by atomic mass is 32.2. The SMILES string of the molecule is Cc1cccc(S(=O)(=O)N(C)C2CCCNC2)c1. The van der Waals surface area contributed by atoms with Gasteiger partial charge < -0.3 is 5.32 Å². The van der Waals surface area contributed by atoms with Gasteiger partial charge in [-0.25, -0.2) is 8.42 Å². The summed E-state index contributed by atoms with van der Waals surface area (Å²) in [5.74, 6) is 0. The lowest BCUT2D eigenvalue weighted by atomic mass is 10.1. The second-order valence-electron chi connectivity index (χ2n) is 4.84. The van der Waals surface area contributed by atoms with E-state index >= 15 is 0 Å². The maximum Gasteiger partial charge on any atom is 0.243 e. The molecule has 2 rings (SSSR count). The molecule has 0 aliphatic carbocycles. The molecule has 4 nitrogen and oxygen atoms in total. The Bertz CT molecular complexity index is 507. The van der Waals surface area contributed by atoms with Gasteiger partial charge in [-0.1, -0.05) is 12.1 Å². The molecule has 1 saturated heterocycles. The molecule has 18 heavy (non-hydrogen) atoms. The number of benzene rings is 1. The van der Waals surface area contributed by atoms with E-state index in [9.17, 15) is 8.42 Å². The van der Waals surface area contributed by atoms with Crippen LogP contribution in [0.15, 0.2) is 29.2 Å². The highest BCUT2D eigenvalue weighted by Gasteiger charge is 2.28. The van der Waals surface area contributed by atoms with Crippen molar-refractivity contribution in [3.8, 4) is 0 Å². The molecular formula is C13H20N2O2S. The predicted molar refractivity (Wildman–Crippen MR) is 72.0 cm³/mol. The smallest absolute Gasteiger partial charge is 0.243 e. The molecule has 0 radical (unpaired) electrons. The van der Waals surface area contributed by atoms with Crippen LogP contribution in [0, 0.1) is 6.92 Å². The van der Waals surface area contributed by atoms with Crippen LogP contribution in [0.2, 0.25) is 0 Å². The molecule has 1 aromatic rings. The van der Waals surface area contributed by atoms with Crippen molar-refractivity contribution in [1.82, 2.24) is 9.62 Å². The van der Waals surface area contributed by atoms with Crippen molar-refractivity contribution in [2.45, 2.75) is 30.7 Å². The fourth-order valence-electron chi connectivity index (χ4n) is 2.28. The van der Waals surface area contributed by atoms with Crippen LogP contribution in [0.5, 0.6) is 0 Å². The maximum atomic E-state index is 12.5. The van der Waals surface area contributed by atoms with Gasteiger partial charge in [0.25, 0.3) is 0 Å². The molecule has 0 bridgehead atoms. The molecule has 5 heteroatoms. The highest BCUT2D eigenvalue weighted by Crippen LogP contribution is 2.20. The van der Waals surface area contributed by atoms with Crippen molar-refractivity contribution in [1.29, 1.82) is 0 Å². The van der Waals surface area contributed by atoms with Crippen molar-refractivity contribution in [3.05, 3.63) is 29.8 Å². The average molecular weight is 268 g/mol. The zero-order chi connectivity index (χ0) is 13.2. The summed E-state index contributed by atoms with van der Waals surface area (Å²) in [5, 5.41) is 3.24. The van der Waals surface area contributed by atoms with Gasteiger partial charge in [0.15, 0.2) is 0 Å². The molecular weight excluding hydrogens is 248 g/mol. The highest BCUT2D eigenvalue weighted by molar-refractivity contribution is 7.89. The fourth-order valence-corrected chi connectivity index (χ4v) is 3.77. The first-order valence-corrected chi connectivity index (χ1v) is 7.71. The Morgan fingerprint density at radius 2 is 2.17 bits per heavy atom. The van der Waals surface area contributed by atoms with Crippen LogP contribution >= 0.6 is 0 Å². The molecule has 1 aliphatic rings. The van der Waals surface area contributed by atoms with E-state index in [4.69, 9.17) is 0 Å². The van der Waals surface area contributed by atoms with Crippen LogP contribution in [0.25, 0.3) is 0 Å². The van der Waals surface area contributed by atoms with Crippen molar-refractivity contribution in [2.24, 2.45) is 0 Å². The zero-order valence-corrected chi connectivity index (χ0v) is 11.7. The fraction of sp³-hybridized carbons (Fsp3) is 0.538. The summed E-state index contributed by atoms with van der Waals surface area (Å²) < 4.78 is 26.5. The van der Waals surface area contributed by atoms with Gasteiger partial charge >= 0.3 is 0 Å². The van der Waals surface area contributed by atoms with Gasteiger partial charge in [-0.15, -0.1) is 0 Å². The van der Waals surface area contributed by atoms with Crippen molar-refractivity contribution < 1.29 is 8.42 Å². The number of aryl methyl sites for hydroxylation is 1. The van der Waals surface area contributed by atoms with E-state index in [2.05, 4.69) is 5.32 Å². The molecule has 1 fully saturated rings. The first-order valence-electron chi connectivity index (χ1n) is 6.27. The van der Waals surface area contributed by atoms with Crippen LogP contribution in [0.1, 0.15) is 18.4 Å². The quantitative estimate of drug-likeness (QED) is 0.900. The van der Waals surface area contributed by atoms with Crippen LogP contribution in [-0.4, -0.2) is 38.9 Å². The zero-order valence-electron chi connectivity index (χ0n) is 10.9. The molecule has 0 saturated carbocycles.